The van der Waals surface area contributed by atoms with Gasteiger partial charge in [0.25, 0.3) is 0 Å². The molecule has 0 aromatic carbocycles. The fraction of sp³-hybridized carbons (Fsp3) is 0.500. The Labute approximate surface area is 218 Å². The number of fused-ring (bicyclic) bond motifs is 1. The molecular formula is C22H25F3N4O8S. The van der Waals surface area contributed by atoms with Crippen molar-refractivity contribution in [3.8, 4) is 0 Å². The monoisotopic (exact) mass is 562 g/mol. The molecule has 4 N–H and O–H groups in total. The van der Waals surface area contributed by atoms with Crippen LogP contribution in [0.1, 0.15) is 12.8 Å². The van der Waals surface area contributed by atoms with Gasteiger partial charge in [-0.15, -0.1) is 11.8 Å². The fourth-order valence-corrected chi connectivity index (χ4v) is 5.61. The molecule has 4 rings (SSSR count). The number of rotatable bonds is 5. The number of β-lactam (4-membered cyclic amide) rings is 1. The number of alkyl halides is 3. The molecule has 208 valence electrons. The van der Waals surface area contributed by atoms with Crippen LogP contribution in [-0.2, 0) is 23.9 Å². The van der Waals surface area contributed by atoms with E-state index in [9.17, 15) is 37.5 Å². The summed E-state index contributed by atoms with van der Waals surface area (Å²) < 4.78 is 36.8. The van der Waals surface area contributed by atoms with Crippen molar-refractivity contribution in [1.29, 1.82) is 0 Å². The minimum absolute atomic E-state index is 0.0915. The summed E-state index contributed by atoms with van der Waals surface area (Å²) in [4.78, 5) is 62.4. The number of allylic oxidation sites excluding steroid dienone is 1. The Morgan fingerprint density at radius 2 is 1.87 bits per heavy atom. The third-order valence-electron chi connectivity index (χ3n) is 6.18. The highest BCUT2D eigenvalue weighted by molar-refractivity contribution is 8.00. The van der Waals surface area contributed by atoms with E-state index < -0.39 is 36.2 Å². The third-order valence-corrected chi connectivity index (χ3v) is 7.50. The van der Waals surface area contributed by atoms with Crippen LogP contribution in [0.2, 0.25) is 0 Å². The van der Waals surface area contributed by atoms with Crippen molar-refractivity contribution >= 4 is 41.6 Å². The number of nitrogens with two attached hydrogens (primary N) is 1. The Bertz CT molecular complexity index is 1110. The highest BCUT2D eigenvalue weighted by Gasteiger charge is 2.51. The topological polar surface area (TPSA) is 171 Å². The number of carbonyl (C=O) groups excluding carboxylic acids is 3. The number of ether oxygens (including phenoxy) is 1. The van der Waals surface area contributed by atoms with Gasteiger partial charge in [0, 0.05) is 31.0 Å². The number of carbonyl (C=O) groups is 5. The highest BCUT2D eigenvalue weighted by atomic mass is 32.2. The summed E-state index contributed by atoms with van der Waals surface area (Å²) in [6.45, 7) is 5.06. The molecule has 38 heavy (non-hydrogen) atoms. The summed E-state index contributed by atoms with van der Waals surface area (Å²) in [5, 5.41) is 16.4. The van der Waals surface area contributed by atoms with Gasteiger partial charge in [0.05, 0.1) is 6.04 Å². The van der Waals surface area contributed by atoms with Crippen molar-refractivity contribution < 1.29 is 52.1 Å². The van der Waals surface area contributed by atoms with E-state index >= 15 is 0 Å². The van der Waals surface area contributed by atoms with Gasteiger partial charge >= 0.3 is 24.2 Å². The zero-order valence-electron chi connectivity index (χ0n) is 19.8. The zero-order valence-corrected chi connectivity index (χ0v) is 20.7. The molecule has 0 spiro atoms. The lowest BCUT2D eigenvalue weighted by Gasteiger charge is -2.47. The Kier molecular flexibility index (Phi) is 8.76. The number of nitrogens with zero attached hydrogens (tertiary/aromatic N) is 3. The molecule has 3 amide bonds. The number of carboxylic acid groups (broad SMARTS) is 2. The first-order valence-corrected chi connectivity index (χ1v) is 12.3. The van der Waals surface area contributed by atoms with E-state index in [0.29, 0.717) is 49.4 Å². The standard InChI is InChI=1S/C20H24N4O6S.C2HF3O2/c1-2-7-30-20(29)22-5-4-13(9-22)23-6-3-11(16(23)25)8-12-10-31-18-14(21)17(26)24(18)15(12)19(27)28;3-2(4,5)1(6)7/h2,8,13-14,18H,1,3-7,9-10,21H2,(H,27,28);(H,6,7)/t13-,14?,18?;/m0./s1. The number of hydrogen-bond acceptors (Lipinski definition) is 8. The largest absolute Gasteiger partial charge is 0.490 e. The van der Waals surface area contributed by atoms with Crippen LogP contribution in [0.4, 0.5) is 18.0 Å². The van der Waals surface area contributed by atoms with Gasteiger partial charge in [-0.2, -0.15) is 13.2 Å². The maximum absolute atomic E-state index is 13.0. The number of aliphatic carboxylic acids is 2. The molecule has 0 saturated carbocycles. The summed E-state index contributed by atoms with van der Waals surface area (Å²) in [6, 6.07) is -0.802. The summed E-state index contributed by atoms with van der Waals surface area (Å²) in [5.74, 6) is -4.18. The van der Waals surface area contributed by atoms with Crippen molar-refractivity contribution in [2.75, 3.05) is 32.0 Å². The first-order valence-electron chi connectivity index (χ1n) is 11.3. The third kappa shape index (κ3) is 5.96. The molecule has 0 radical (unpaired) electrons. The molecule has 0 bridgehead atoms. The quantitative estimate of drug-likeness (QED) is 0.247. The van der Waals surface area contributed by atoms with E-state index in [1.165, 1.54) is 22.7 Å². The predicted molar refractivity (Wildman–Crippen MR) is 125 cm³/mol. The van der Waals surface area contributed by atoms with Crippen molar-refractivity contribution in [2.45, 2.75) is 36.5 Å². The predicted octanol–water partition coefficient (Wildman–Crippen LogP) is 0.756. The van der Waals surface area contributed by atoms with Crippen molar-refractivity contribution in [2.24, 2.45) is 5.73 Å². The molecule has 4 aliphatic heterocycles. The summed E-state index contributed by atoms with van der Waals surface area (Å²) in [7, 11) is 0. The van der Waals surface area contributed by atoms with E-state index in [1.807, 2.05) is 0 Å². The van der Waals surface area contributed by atoms with Crippen molar-refractivity contribution in [1.82, 2.24) is 14.7 Å². The second-order valence-electron chi connectivity index (χ2n) is 8.59. The molecule has 4 aliphatic rings. The average molecular weight is 563 g/mol. The van der Waals surface area contributed by atoms with Gasteiger partial charge in [-0.1, -0.05) is 12.7 Å². The highest BCUT2D eigenvalue weighted by Crippen LogP contribution is 2.40. The molecule has 16 heteroatoms. The Morgan fingerprint density at radius 1 is 1.21 bits per heavy atom. The Hall–Kier alpha value is -3.53. The van der Waals surface area contributed by atoms with Crippen LogP contribution in [0.3, 0.4) is 0 Å². The van der Waals surface area contributed by atoms with Gasteiger partial charge in [0.15, 0.2) is 0 Å². The molecule has 0 aliphatic carbocycles. The van der Waals surface area contributed by atoms with Crippen LogP contribution in [0.25, 0.3) is 0 Å². The van der Waals surface area contributed by atoms with Crippen LogP contribution >= 0.6 is 11.8 Å². The van der Waals surface area contributed by atoms with E-state index in [-0.39, 0.29) is 29.6 Å². The summed E-state index contributed by atoms with van der Waals surface area (Å²) in [5.41, 5.74) is 6.64. The van der Waals surface area contributed by atoms with Gasteiger partial charge in [-0.3, -0.25) is 14.5 Å². The number of halogens is 3. The summed E-state index contributed by atoms with van der Waals surface area (Å²) >= 11 is 1.40. The smallest absolute Gasteiger partial charge is 0.477 e. The molecule has 0 aromatic heterocycles. The SMILES string of the molecule is C=CCOC(=O)N1CC[C@H](N2CCC(=CC3=C(C(=O)O)N4C(=O)C(N)C4SC3)C2=O)C1.O=C(O)C(F)(F)F. The van der Waals surface area contributed by atoms with Gasteiger partial charge in [-0.05, 0) is 24.5 Å². The number of likely N-dealkylation sites (tertiary alicyclic amines) is 2. The second-order valence-corrected chi connectivity index (χ2v) is 9.69. The van der Waals surface area contributed by atoms with Crippen molar-refractivity contribution in [3.63, 3.8) is 0 Å². The van der Waals surface area contributed by atoms with Crippen LogP contribution in [0.15, 0.2) is 35.6 Å². The van der Waals surface area contributed by atoms with Crippen LogP contribution in [-0.4, -0.2) is 110 Å². The van der Waals surface area contributed by atoms with E-state index in [2.05, 4.69) is 6.58 Å². The van der Waals surface area contributed by atoms with Crippen molar-refractivity contribution in [3.05, 3.63) is 35.6 Å². The zero-order chi connectivity index (χ0) is 28.4. The lowest BCUT2D eigenvalue weighted by molar-refractivity contribution is -0.192. The minimum Gasteiger partial charge on any atom is -0.477 e. The average Bonchev–Trinajstić information content (AvgIpc) is 3.48. The first-order chi connectivity index (χ1) is 17.8. The molecule has 3 fully saturated rings. The molecule has 3 atom stereocenters. The molecule has 2 unspecified atom stereocenters. The normalized spacial score (nSPS) is 26.1. The summed E-state index contributed by atoms with van der Waals surface area (Å²) in [6.07, 6.45) is -1.26. The molecular weight excluding hydrogens is 537 g/mol. The molecule has 4 heterocycles. The molecule has 0 aromatic rings. The maximum Gasteiger partial charge on any atom is 0.490 e. The molecule has 3 saturated heterocycles. The van der Waals surface area contributed by atoms with Gasteiger partial charge in [0.2, 0.25) is 11.8 Å². The number of carboxylic acids is 2. The Balaban J connectivity index is 0.000000505. The van der Waals surface area contributed by atoms with E-state index in [0.717, 1.165) is 0 Å². The maximum atomic E-state index is 13.0. The number of thioether (sulfide) groups is 1. The second kappa shape index (κ2) is 11.5. The van der Waals surface area contributed by atoms with Crippen LogP contribution < -0.4 is 5.73 Å². The van der Waals surface area contributed by atoms with Gasteiger partial charge in [-0.25, -0.2) is 14.4 Å². The number of amides is 3. The van der Waals surface area contributed by atoms with Crippen LogP contribution in [0, 0.1) is 0 Å². The minimum atomic E-state index is -5.08. The van der Waals surface area contributed by atoms with Crippen LogP contribution in [0.5, 0.6) is 0 Å². The number of hydrogen-bond donors (Lipinski definition) is 3. The first kappa shape index (κ1) is 29.0. The fourth-order valence-electron chi connectivity index (χ4n) is 4.36. The molecule has 12 nitrogen and oxygen atoms in total. The van der Waals surface area contributed by atoms with E-state index in [4.69, 9.17) is 20.4 Å². The lowest BCUT2D eigenvalue weighted by Crippen LogP contribution is -2.68. The van der Waals surface area contributed by atoms with Gasteiger partial charge in [0.1, 0.15) is 23.7 Å². The van der Waals surface area contributed by atoms with Gasteiger partial charge < -0.3 is 30.5 Å². The lowest BCUT2D eigenvalue weighted by atomic mass is 10.0. The van der Waals surface area contributed by atoms with E-state index in [1.54, 1.807) is 15.9 Å². The Morgan fingerprint density at radius 3 is 2.45 bits per heavy atom.